The Balaban J connectivity index is 1.42. The van der Waals surface area contributed by atoms with Crippen LogP contribution in [0.3, 0.4) is 0 Å². The minimum Gasteiger partial charge on any atom is -0.492 e. The summed E-state index contributed by atoms with van der Waals surface area (Å²) in [5.74, 6) is 1.32. The van der Waals surface area contributed by atoms with Gasteiger partial charge in [0.15, 0.2) is 5.82 Å². The zero-order chi connectivity index (χ0) is 19.6. The number of amides is 2. The summed E-state index contributed by atoms with van der Waals surface area (Å²) in [5, 5.41) is 16.9. The zero-order valence-corrected chi connectivity index (χ0v) is 16.0. The van der Waals surface area contributed by atoms with Crippen LogP contribution in [0.2, 0.25) is 0 Å². The summed E-state index contributed by atoms with van der Waals surface area (Å²) in [6.45, 7) is 6.53. The third-order valence-electron chi connectivity index (χ3n) is 4.17. The fourth-order valence-corrected chi connectivity index (χ4v) is 2.82. The Morgan fingerprint density at radius 3 is 2.89 bits per heavy atom. The first kappa shape index (κ1) is 19.7. The molecule has 0 bridgehead atoms. The van der Waals surface area contributed by atoms with Crippen molar-refractivity contribution >= 4 is 23.2 Å². The molecule has 0 unspecified atom stereocenters. The SMILES string of the molecule is CCOc1ccccc1NC(=O)NCCNc1cc(N2CCOCC2)cnn1. The van der Waals surface area contributed by atoms with Crippen molar-refractivity contribution in [2.45, 2.75) is 6.92 Å². The van der Waals surface area contributed by atoms with Crippen LogP contribution in [0.5, 0.6) is 5.75 Å². The predicted molar refractivity (Wildman–Crippen MR) is 108 cm³/mol. The van der Waals surface area contributed by atoms with Crippen LogP contribution in [0.15, 0.2) is 36.5 Å². The fraction of sp³-hybridized carbons (Fsp3) is 0.421. The number of nitrogens with zero attached hydrogens (tertiary/aromatic N) is 3. The second-order valence-electron chi connectivity index (χ2n) is 6.14. The monoisotopic (exact) mass is 386 g/mol. The molecule has 2 amide bonds. The smallest absolute Gasteiger partial charge is 0.319 e. The van der Waals surface area contributed by atoms with Crippen molar-refractivity contribution in [2.75, 3.05) is 61.5 Å². The van der Waals surface area contributed by atoms with Gasteiger partial charge in [0.1, 0.15) is 5.75 Å². The van der Waals surface area contributed by atoms with Crippen LogP contribution in [-0.4, -0.2) is 62.2 Å². The molecular formula is C19H26N6O3. The van der Waals surface area contributed by atoms with Crippen molar-refractivity contribution in [1.82, 2.24) is 15.5 Å². The van der Waals surface area contributed by atoms with Gasteiger partial charge in [-0.2, -0.15) is 5.10 Å². The Morgan fingerprint density at radius 1 is 1.25 bits per heavy atom. The predicted octanol–water partition coefficient (Wildman–Crippen LogP) is 1.95. The zero-order valence-electron chi connectivity index (χ0n) is 16.0. The standard InChI is InChI=1S/C19H26N6O3/c1-2-28-17-6-4-3-5-16(17)23-19(26)21-8-7-20-18-13-15(14-22-24-18)25-9-11-27-12-10-25/h3-6,13-14H,2,7-12H2,1H3,(H,20,24)(H2,21,23,26). The lowest BCUT2D eigenvalue weighted by atomic mass is 10.3. The molecule has 9 nitrogen and oxygen atoms in total. The van der Waals surface area contributed by atoms with E-state index in [-0.39, 0.29) is 6.03 Å². The molecule has 150 valence electrons. The van der Waals surface area contributed by atoms with Gasteiger partial charge < -0.3 is 30.3 Å². The number of rotatable bonds is 8. The number of morpholine rings is 1. The third kappa shape index (κ3) is 5.71. The van der Waals surface area contributed by atoms with Gasteiger partial charge in [-0.3, -0.25) is 0 Å². The van der Waals surface area contributed by atoms with Gasteiger partial charge in [-0.05, 0) is 19.1 Å². The van der Waals surface area contributed by atoms with Crippen molar-refractivity contribution in [1.29, 1.82) is 0 Å². The molecule has 1 saturated heterocycles. The van der Waals surface area contributed by atoms with Crippen LogP contribution >= 0.6 is 0 Å². The first-order chi connectivity index (χ1) is 13.8. The number of benzene rings is 1. The van der Waals surface area contributed by atoms with Gasteiger partial charge in [0, 0.05) is 32.2 Å². The van der Waals surface area contributed by atoms with Gasteiger partial charge in [-0.1, -0.05) is 12.1 Å². The Bertz CT molecular complexity index is 767. The lowest BCUT2D eigenvalue weighted by Gasteiger charge is -2.28. The van der Waals surface area contributed by atoms with E-state index in [0.29, 0.717) is 37.0 Å². The fourth-order valence-electron chi connectivity index (χ4n) is 2.82. The molecule has 3 N–H and O–H groups in total. The van der Waals surface area contributed by atoms with Crippen molar-refractivity contribution in [3.8, 4) is 5.75 Å². The Kier molecular flexibility index (Phi) is 7.25. The van der Waals surface area contributed by atoms with Crippen LogP contribution in [0.1, 0.15) is 6.92 Å². The molecular weight excluding hydrogens is 360 g/mol. The van der Waals surface area contributed by atoms with E-state index in [1.165, 1.54) is 0 Å². The minimum atomic E-state index is -0.290. The molecule has 9 heteroatoms. The highest BCUT2D eigenvalue weighted by molar-refractivity contribution is 5.90. The highest BCUT2D eigenvalue weighted by atomic mass is 16.5. The molecule has 3 rings (SSSR count). The van der Waals surface area contributed by atoms with Gasteiger partial charge in [0.25, 0.3) is 0 Å². The number of hydrogen-bond acceptors (Lipinski definition) is 7. The van der Waals surface area contributed by atoms with Crippen LogP contribution < -0.4 is 25.6 Å². The molecule has 0 aliphatic carbocycles. The molecule has 1 fully saturated rings. The van der Waals surface area contributed by atoms with Crippen molar-refractivity contribution < 1.29 is 14.3 Å². The van der Waals surface area contributed by atoms with E-state index >= 15 is 0 Å². The van der Waals surface area contributed by atoms with Gasteiger partial charge in [-0.15, -0.1) is 5.10 Å². The number of ether oxygens (including phenoxy) is 2. The van der Waals surface area contributed by atoms with E-state index in [1.807, 2.05) is 31.2 Å². The summed E-state index contributed by atoms with van der Waals surface area (Å²) in [6.07, 6.45) is 1.75. The minimum absolute atomic E-state index is 0.290. The maximum atomic E-state index is 12.1. The summed E-state index contributed by atoms with van der Waals surface area (Å²) in [7, 11) is 0. The molecule has 0 atom stereocenters. The maximum Gasteiger partial charge on any atom is 0.319 e. The van der Waals surface area contributed by atoms with E-state index in [9.17, 15) is 4.79 Å². The van der Waals surface area contributed by atoms with Gasteiger partial charge in [0.2, 0.25) is 0 Å². The highest BCUT2D eigenvalue weighted by Gasteiger charge is 2.12. The summed E-state index contributed by atoms with van der Waals surface area (Å²) in [5.41, 5.74) is 1.65. The lowest BCUT2D eigenvalue weighted by molar-refractivity contribution is 0.122. The largest absolute Gasteiger partial charge is 0.492 e. The number of anilines is 3. The molecule has 0 saturated carbocycles. The molecule has 1 aromatic heterocycles. The van der Waals surface area contributed by atoms with Crippen molar-refractivity contribution in [2.24, 2.45) is 0 Å². The molecule has 2 aromatic rings. The second kappa shape index (κ2) is 10.3. The Hall–Kier alpha value is -3.07. The quantitative estimate of drug-likeness (QED) is 0.596. The van der Waals surface area contributed by atoms with Crippen molar-refractivity contribution in [3.05, 3.63) is 36.5 Å². The normalized spacial score (nSPS) is 13.7. The molecule has 28 heavy (non-hydrogen) atoms. The number of hydrogen-bond donors (Lipinski definition) is 3. The van der Waals surface area contributed by atoms with E-state index in [1.54, 1.807) is 12.3 Å². The van der Waals surface area contributed by atoms with E-state index in [2.05, 4.69) is 31.0 Å². The van der Waals surface area contributed by atoms with Crippen LogP contribution in [0, 0.1) is 0 Å². The first-order valence-corrected chi connectivity index (χ1v) is 9.42. The van der Waals surface area contributed by atoms with Crippen LogP contribution in [-0.2, 0) is 4.74 Å². The van der Waals surface area contributed by atoms with Crippen LogP contribution in [0.25, 0.3) is 0 Å². The number of nitrogens with one attached hydrogen (secondary N) is 3. The topological polar surface area (TPSA) is 101 Å². The average molecular weight is 386 g/mol. The molecule has 1 aliphatic heterocycles. The van der Waals surface area contributed by atoms with Crippen molar-refractivity contribution in [3.63, 3.8) is 0 Å². The maximum absolute atomic E-state index is 12.1. The summed E-state index contributed by atoms with van der Waals surface area (Å²) >= 11 is 0. The Labute approximate surface area is 164 Å². The number of para-hydroxylation sites is 2. The first-order valence-electron chi connectivity index (χ1n) is 9.42. The van der Waals surface area contributed by atoms with E-state index in [4.69, 9.17) is 9.47 Å². The molecule has 2 heterocycles. The summed E-state index contributed by atoms with van der Waals surface area (Å²) in [4.78, 5) is 14.3. The summed E-state index contributed by atoms with van der Waals surface area (Å²) in [6, 6.07) is 9.00. The number of urea groups is 1. The third-order valence-corrected chi connectivity index (χ3v) is 4.17. The molecule has 0 radical (unpaired) electrons. The summed E-state index contributed by atoms with van der Waals surface area (Å²) < 4.78 is 10.9. The average Bonchev–Trinajstić information content (AvgIpc) is 2.74. The van der Waals surface area contributed by atoms with Crippen LogP contribution in [0.4, 0.5) is 22.0 Å². The number of aromatic nitrogens is 2. The number of carbonyl (C=O) groups is 1. The second-order valence-corrected chi connectivity index (χ2v) is 6.14. The number of carbonyl (C=O) groups excluding carboxylic acids is 1. The van der Waals surface area contributed by atoms with Gasteiger partial charge >= 0.3 is 6.03 Å². The lowest BCUT2D eigenvalue weighted by Crippen LogP contribution is -2.36. The molecule has 1 aliphatic rings. The van der Waals surface area contributed by atoms with Gasteiger partial charge in [-0.25, -0.2) is 4.79 Å². The van der Waals surface area contributed by atoms with Gasteiger partial charge in [0.05, 0.1) is 37.4 Å². The molecule has 1 aromatic carbocycles. The van der Waals surface area contributed by atoms with E-state index in [0.717, 1.165) is 32.0 Å². The highest BCUT2D eigenvalue weighted by Crippen LogP contribution is 2.23. The van der Waals surface area contributed by atoms with E-state index < -0.39 is 0 Å². The Morgan fingerprint density at radius 2 is 2.07 bits per heavy atom. The molecule has 0 spiro atoms.